The van der Waals surface area contributed by atoms with Crippen molar-refractivity contribution in [2.45, 2.75) is 6.92 Å². The molecule has 3 aromatic carbocycles. The number of hydrogen-bond donors (Lipinski definition) is 0. The number of para-hydroxylation sites is 3. The molecule has 4 aromatic rings. The number of carbonyl (C=O) groups is 1. The van der Waals surface area contributed by atoms with Crippen molar-refractivity contribution in [3.63, 3.8) is 0 Å². The number of carbonyl (C=O) groups excluding carboxylic acids is 1. The fourth-order valence-electron chi connectivity index (χ4n) is 4.52. The van der Waals surface area contributed by atoms with Crippen molar-refractivity contribution in [3.05, 3.63) is 94.5 Å². The van der Waals surface area contributed by atoms with E-state index in [4.69, 9.17) is 4.74 Å². The molecule has 2 heterocycles. The van der Waals surface area contributed by atoms with E-state index < -0.39 is 0 Å². The highest BCUT2D eigenvalue weighted by molar-refractivity contribution is 5.94. The molecule has 172 valence electrons. The van der Waals surface area contributed by atoms with Crippen LogP contribution in [0.25, 0.3) is 16.6 Å². The van der Waals surface area contributed by atoms with Crippen molar-refractivity contribution in [2.24, 2.45) is 0 Å². The summed E-state index contributed by atoms with van der Waals surface area (Å²) in [6.45, 7) is 4.55. The Morgan fingerprint density at radius 1 is 0.882 bits per heavy atom. The maximum atomic E-state index is 13.1. The van der Waals surface area contributed by atoms with E-state index in [1.54, 1.807) is 29.9 Å². The fourth-order valence-corrected chi connectivity index (χ4v) is 4.52. The lowest BCUT2D eigenvalue weighted by atomic mass is 10.1. The highest BCUT2D eigenvalue weighted by atomic mass is 16.5. The van der Waals surface area contributed by atoms with Crippen LogP contribution in [-0.2, 0) is 0 Å². The first-order chi connectivity index (χ1) is 16.6. The quantitative estimate of drug-likeness (QED) is 0.471. The average Bonchev–Trinajstić information content (AvgIpc) is 2.89. The monoisotopic (exact) mass is 454 g/mol. The van der Waals surface area contributed by atoms with Gasteiger partial charge in [-0.05, 0) is 55.5 Å². The van der Waals surface area contributed by atoms with Gasteiger partial charge in [0.1, 0.15) is 11.6 Å². The lowest BCUT2D eigenvalue weighted by Crippen LogP contribution is -2.48. The molecule has 0 saturated carbocycles. The van der Waals surface area contributed by atoms with Crippen molar-refractivity contribution in [3.8, 4) is 11.4 Å². The highest BCUT2D eigenvalue weighted by Gasteiger charge is 2.24. The molecule has 1 amide bonds. The van der Waals surface area contributed by atoms with Gasteiger partial charge in [0.2, 0.25) is 0 Å². The largest absolute Gasteiger partial charge is 0.495 e. The van der Waals surface area contributed by atoms with Gasteiger partial charge in [0.25, 0.3) is 11.5 Å². The second-order valence-corrected chi connectivity index (χ2v) is 8.31. The predicted molar refractivity (Wildman–Crippen MR) is 133 cm³/mol. The molecule has 7 heteroatoms. The van der Waals surface area contributed by atoms with Gasteiger partial charge in [-0.25, -0.2) is 4.98 Å². The van der Waals surface area contributed by atoms with Gasteiger partial charge < -0.3 is 14.5 Å². The molecule has 7 nitrogen and oxygen atoms in total. The number of piperazine rings is 1. The van der Waals surface area contributed by atoms with E-state index in [0.29, 0.717) is 41.1 Å². The zero-order valence-corrected chi connectivity index (χ0v) is 19.3. The van der Waals surface area contributed by atoms with E-state index in [9.17, 15) is 9.59 Å². The Morgan fingerprint density at radius 2 is 1.56 bits per heavy atom. The SMILES string of the molecule is COc1ccccc1N1CCN(C(=O)c2ccc(-n3c(C)nc4ccccc4c3=O)cc2)CC1. The lowest BCUT2D eigenvalue weighted by Gasteiger charge is -2.36. The van der Waals surface area contributed by atoms with E-state index >= 15 is 0 Å². The normalized spacial score (nSPS) is 13.8. The minimum atomic E-state index is -0.116. The number of benzene rings is 3. The molecule has 0 N–H and O–H groups in total. The second kappa shape index (κ2) is 9.02. The molecule has 1 aromatic heterocycles. The third-order valence-corrected chi connectivity index (χ3v) is 6.31. The summed E-state index contributed by atoms with van der Waals surface area (Å²) in [5.41, 5.74) is 2.91. The molecule has 0 unspecified atom stereocenters. The summed E-state index contributed by atoms with van der Waals surface area (Å²) in [7, 11) is 1.67. The number of methoxy groups -OCH3 is 1. The van der Waals surface area contributed by atoms with Gasteiger partial charge >= 0.3 is 0 Å². The summed E-state index contributed by atoms with van der Waals surface area (Å²) < 4.78 is 7.07. The maximum Gasteiger partial charge on any atom is 0.265 e. The maximum absolute atomic E-state index is 13.1. The van der Waals surface area contributed by atoms with Crippen LogP contribution >= 0.6 is 0 Å². The van der Waals surface area contributed by atoms with Crippen LogP contribution in [0.1, 0.15) is 16.2 Å². The lowest BCUT2D eigenvalue weighted by molar-refractivity contribution is 0.0746. The van der Waals surface area contributed by atoms with Crippen LogP contribution < -0.4 is 15.2 Å². The predicted octanol–water partition coefficient (Wildman–Crippen LogP) is 3.67. The third kappa shape index (κ3) is 3.90. The van der Waals surface area contributed by atoms with Gasteiger partial charge in [0, 0.05) is 31.7 Å². The number of aromatic nitrogens is 2. The number of amides is 1. The molecule has 0 bridgehead atoms. The Kier molecular flexibility index (Phi) is 5.76. The average molecular weight is 455 g/mol. The molecular formula is C27H26N4O3. The second-order valence-electron chi connectivity index (χ2n) is 8.31. The minimum Gasteiger partial charge on any atom is -0.495 e. The van der Waals surface area contributed by atoms with Crippen molar-refractivity contribution >= 4 is 22.5 Å². The van der Waals surface area contributed by atoms with Gasteiger partial charge in [-0.1, -0.05) is 24.3 Å². The number of ether oxygens (including phenoxy) is 1. The molecular weight excluding hydrogens is 428 g/mol. The Labute approximate surface area is 197 Å². The molecule has 0 spiro atoms. The number of hydrogen-bond acceptors (Lipinski definition) is 5. The van der Waals surface area contributed by atoms with Gasteiger partial charge in [-0.15, -0.1) is 0 Å². The summed E-state index contributed by atoms with van der Waals surface area (Å²) in [6, 6.07) is 22.4. The number of aryl methyl sites for hydroxylation is 1. The number of rotatable bonds is 4. The molecule has 34 heavy (non-hydrogen) atoms. The van der Waals surface area contributed by atoms with E-state index in [0.717, 1.165) is 24.5 Å². The summed E-state index contributed by atoms with van der Waals surface area (Å²) in [5, 5.41) is 0.571. The van der Waals surface area contributed by atoms with Crippen LogP contribution in [0, 0.1) is 6.92 Å². The van der Waals surface area contributed by atoms with Crippen molar-refractivity contribution in [1.82, 2.24) is 14.5 Å². The Bertz CT molecular complexity index is 1400. The first-order valence-electron chi connectivity index (χ1n) is 11.3. The molecule has 1 aliphatic heterocycles. The van der Waals surface area contributed by atoms with Crippen molar-refractivity contribution < 1.29 is 9.53 Å². The van der Waals surface area contributed by atoms with E-state index in [1.807, 2.05) is 66.4 Å². The van der Waals surface area contributed by atoms with Crippen LogP contribution in [-0.4, -0.2) is 53.6 Å². The zero-order valence-electron chi connectivity index (χ0n) is 19.3. The van der Waals surface area contributed by atoms with Crippen LogP contribution in [0.5, 0.6) is 5.75 Å². The minimum absolute atomic E-state index is 0.00747. The molecule has 1 saturated heterocycles. The number of fused-ring (bicyclic) bond motifs is 1. The molecule has 0 aliphatic carbocycles. The van der Waals surface area contributed by atoms with Gasteiger partial charge in [0.15, 0.2) is 0 Å². The van der Waals surface area contributed by atoms with Crippen LogP contribution in [0.15, 0.2) is 77.6 Å². The molecule has 1 fully saturated rings. The molecule has 5 rings (SSSR count). The topological polar surface area (TPSA) is 67.7 Å². The third-order valence-electron chi connectivity index (χ3n) is 6.31. The smallest absolute Gasteiger partial charge is 0.265 e. The Balaban J connectivity index is 1.32. The highest BCUT2D eigenvalue weighted by Crippen LogP contribution is 2.28. The van der Waals surface area contributed by atoms with E-state index in [2.05, 4.69) is 9.88 Å². The zero-order chi connectivity index (χ0) is 23.7. The first kappa shape index (κ1) is 21.7. The summed E-state index contributed by atoms with van der Waals surface area (Å²) in [6.07, 6.45) is 0. The number of nitrogens with zero attached hydrogens (tertiary/aromatic N) is 4. The van der Waals surface area contributed by atoms with Crippen LogP contribution in [0.2, 0.25) is 0 Å². The van der Waals surface area contributed by atoms with Crippen molar-refractivity contribution in [2.75, 3.05) is 38.2 Å². The van der Waals surface area contributed by atoms with Crippen LogP contribution in [0.3, 0.4) is 0 Å². The summed E-state index contributed by atoms with van der Waals surface area (Å²) in [4.78, 5) is 34.8. The molecule has 1 aliphatic rings. The Hall–Kier alpha value is -4.13. The van der Waals surface area contributed by atoms with Gasteiger partial charge in [-0.2, -0.15) is 0 Å². The van der Waals surface area contributed by atoms with E-state index in [-0.39, 0.29) is 11.5 Å². The van der Waals surface area contributed by atoms with Gasteiger partial charge in [0.05, 0.1) is 29.4 Å². The van der Waals surface area contributed by atoms with Crippen molar-refractivity contribution in [1.29, 1.82) is 0 Å². The number of anilines is 1. The van der Waals surface area contributed by atoms with Gasteiger partial charge in [-0.3, -0.25) is 14.2 Å². The summed E-state index contributed by atoms with van der Waals surface area (Å²) >= 11 is 0. The first-order valence-corrected chi connectivity index (χ1v) is 11.3. The Morgan fingerprint density at radius 3 is 2.29 bits per heavy atom. The summed E-state index contributed by atoms with van der Waals surface area (Å²) in [5.74, 6) is 1.44. The van der Waals surface area contributed by atoms with E-state index in [1.165, 1.54) is 0 Å². The molecule has 0 radical (unpaired) electrons. The molecule has 0 atom stereocenters. The standard InChI is InChI=1S/C27H26N4O3/c1-19-28-23-8-4-3-7-22(23)27(33)31(19)21-13-11-20(12-14-21)26(32)30-17-15-29(16-18-30)24-9-5-6-10-25(24)34-2/h3-14H,15-18H2,1-2H3. The fraction of sp³-hybridized carbons (Fsp3) is 0.222. The van der Waals surface area contributed by atoms with Crippen LogP contribution in [0.4, 0.5) is 5.69 Å².